The van der Waals surface area contributed by atoms with Crippen LogP contribution in [0.2, 0.25) is 5.02 Å². The highest BCUT2D eigenvalue weighted by molar-refractivity contribution is 6.30. The van der Waals surface area contributed by atoms with Crippen molar-refractivity contribution in [1.82, 2.24) is 0 Å². The average Bonchev–Trinajstić information content (AvgIpc) is 3.01. The Morgan fingerprint density at radius 2 is 1.79 bits per heavy atom. The third-order valence-corrected chi connectivity index (χ3v) is 5.62. The van der Waals surface area contributed by atoms with Gasteiger partial charge in [-0.1, -0.05) is 55.8 Å². The molecule has 1 heterocycles. The van der Waals surface area contributed by atoms with E-state index in [4.69, 9.17) is 25.5 Å². The molecule has 1 fully saturated rings. The summed E-state index contributed by atoms with van der Waals surface area (Å²) in [5.74, 6) is 0.995. The number of esters is 1. The van der Waals surface area contributed by atoms with Crippen LogP contribution in [0.25, 0.3) is 0 Å². The maximum Gasteiger partial charge on any atom is 0.313 e. The lowest BCUT2D eigenvalue weighted by molar-refractivity contribution is -0.147. The van der Waals surface area contributed by atoms with Crippen LogP contribution in [0, 0.1) is 11.3 Å². The van der Waals surface area contributed by atoms with E-state index in [2.05, 4.69) is 12.1 Å². The summed E-state index contributed by atoms with van der Waals surface area (Å²) in [5, 5.41) is 0.648. The maximum atomic E-state index is 12.6. The number of carbonyl (C=O) groups is 1. The zero-order valence-electron chi connectivity index (χ0n) is 16.4. The van der Waals surface area contributed by atoms with Gasteiger partial charge in [0.15, 0.2) is 0 Å². The lowest BCUT2D eigenvalue weighted by Gasteiger charge is -2.07. The van der Waals surface area contributed by atoms with Crippen LogP contribution in [0.4, 0.5) is 0 Å². The molecule has 0 bridgehead atoms. The molecule has 1 aliphatic rings. The van der Waals surface area contributed by atoms with Crippen molar-refractivity contribution >= 4 is 17.6 Å². The molecule has 0 radical (unpaired) electrons. The molecule has 4 rings (SSSR count). The maximum absolute atomic E-state index is 12.6. The van der Waals surface area contributed by atoms with Crippen molar-refractivity contribution in [2.75, 3.05) is 0 Å². The second-order valence-corrected chi connectivity index (χ2v) is 8.42. The summed E-state index contributed by atoms with van der Waals surface area (Å²) in [6.07, 6.45) is 2.14. The highest BCUT2D eigenvalue weighted by atomic mass is 35.5. The number of furan rings is 1. The van der Waals surface area contributed by atoms with Crippen molar-refractivity contribution < 1.29 is 18.7 Å². The Hall–Kier alpha value is -2.72. The van der Waals surface area contributed by atoms with Crippen LogP contribution in [0.5, 0.6) is 5.75 Å². The highest BCUT2D eigenvalue weighted by Gasteiger charge is 2.65. The Morgan fingerprint density at radius 3 is 2.52 bits per heavy atom. The van der Waals surface area contributed by atoms with Gasteiger partial charge < -0.3 is 13.9 Å². The predicted octanol–water partition coefficient (Wildman–Crippen LogP) is 5.67. The average molecular weight is 411 g/mol. The standard InChI is InChI=1S/C24H23ClO4/c1-24(2)21(22(24)29-19-10-8-18(25)9-11-19)23(26)28-15-17-13-20(27-14-17)12-16-6-4-3-5-7-16/h3-11,13-14,21-22H,12,15H2,1-2H3. The van der Waals surface area contributed by atoms with Crippen molar-refractivity contribution in [2.24, 2.45) is 11.3 Å². The van der Waals surface area contributed by atoms with Gasteiger partial charge in [-0.25, -0.2) is 0 Å². The molecule has 150 valence electrons. The molecule has 5 heteroatoms. The minimum Gasteiger partial charge on any atom is -0.489 e. The lowest BCUT2D eigenvalue weighted by Crippen LogP contribution is -2.12. The lowest BCUT2D eigenvalue weighted by atomic mass is 10.1. The van der Waals surface area contributed by atoms with Crippen LogP contribution >= 0.6 is 11.6 Å². The molecule has 1 aliphatic carbocycles. The summed E-state index contributed by atoms with van der Waals surface area (Å²) >= 11 is 5.91. The zero-order valence-corrected chi connectivity index (χ0v) is 17.2. The van der Waals surface area contributed by atoms with Crippen LogP contribution < -0.4 is 4.74 Å². The fraction of sp³-hybridized carbons (Fsp3) is 0.292. The number of ether oxygens (including phenoxy) is 2. The van der Waals surface area contributed by atoms with Crippen LogP contribution in [0.15, 0.2) is 71.3 Å². The SMILES string of the molecule is CC1(C)C(Oc2ccc(Cl)cc2)C1C(=O)OCc1coc(Cc2ccccc2)c1. The summed E-state index contributed by atoms with van der Waals surface area (Å²) in [5.41, 5.74) is 1.75. The second-order valence-electron chi connectivity index (χ2n) is 7.98. The molecular weight excluding hydrogens is 388 g/mol. The van der Waals surface area contributed by atoms with Gasteiger partial charge in [0.25, 0.3) is 0 Å². The van der Waals surface area contributed by atoms with Crippen molar-refractivity contribution in [3.05, 3.63) is 88.8 Å². The predicted molar refractivity (Wildman–Crippen MR) is 111 cm³/mol. The normalized spacial score (nSPS) is 19.6. The van der Waals surface area contributed by atoms with Crippen molar-refractivity contribution in [3.63, 3.8) is 0 Å². The van der Waals surface area contributed by atoms with Gasteiger partial charge in [-0.2, -0.15) is 0 Å². The molecule has 0 saturated heterocycles. The van der Waals surface area contributed by atoms with E-state index in [1.165, 1.54) is 5.56 Å². The molecule has 0 spiro atoms. The minimum absolute atomic E-state index is 0.192. The van der Waals surface area contributed by atoms with Crippen LogP contribution in [-0.2, 0) is 22.6 Å². The molecule has 29 heavy (non-hydrogen) atoms. The van der Waals surface area contributed by atoms with Gasteiger partial charge in [0.2, 0.25) is 0 Å². The fourth-order valence-corrected chi connectivity index (χ4v) is 3.66. The van der Waals surface area contributed by atoms with E-state index in [0.29, 0.717) is 17.2 Å². The van der Waals surface area contributed by atoms with Crippen LogP contribution in [0.3, 0.4) is 0 Å². The molecule has 0 amide bonds. The molecule has 2 unspecified atom stereocenters. The topological polar surface area (TPSA) is 48.7 Å². The monoisotopic (exact) mass is 410 g/mol. The molecule has 0 N–H and O–H groups in total. The Morgan fingerprint density at radius 1 is 1.07 bits per heavy atom. The summed E-state index contributed by atoms with van der Waals surface area (Å²) < 4.78 is 17.1. The van der Waals surface area contributed by atoms with Gasteiger partial charge >= 0.3 is 5.97 Å². The first-order valence-corrected chi connectivity index (χ1v) is 10.0. The fourth-order valence-electron chi connectivity index (χ4n) is 3.53. The molecule has 0 aliphatic heterocycles. The minimum atomic E-state index is -0.297. The van der Waals surface area contributed by atoms with E-state index in [0.717, 1.165) is 11.3 Å². The highest BCUT2D eigenvalue weighted by Crippen LogP contribution is 2.54. The quantitative estimate of drug-likeness (QED) is 0.471. The number of rotatable bonds is 7. The van der Waals surface area contributed by atoms with Crippen molar-refractivity contribution in [1.29, 1.82) is 0 Å². The van der Waals surface area contributed by atoms with E-state index in [-0.39, 0.29) is 30.0 Å². The van der Waals surface area contributed by atoms with Gasteiger partial charge in [-0.3, -0.25) is 4.79 Å². The summed E-state index contributed by atoms with van der Waals surface area (Å²) in [4.78, 5) is 12.6. The Kier molecular flexibility index (Phi) is 5.37. The molecule has 4 nitrogen and oxygen atoms in total. The van der Waals surface area contributed by atoms with Crippen molar-refractivity contribution in [3.8, 4) is 5.75 Å². The van der Waals surface area contributed by atoms with Gasteiger partial charge in [-0.15, -0.1) is 0 Å². The number of carbonyl (C=O) groups excluding carboxylic acids is 1. The van der Waals surface area contributed by atoms with E-state index in [1.54, 1.807) is 30.5 Å². The van der Waals surface area contributed by atoms with E-state index in [9.17, 15) is 4.79 Å². The first-order chi connectivity index (χ1) is 13.9. The van der Waals surface area contributed by atoms with Gasteiger partial charge in [0, 0.05) is 22.4 Å². The number of hydrogen-bond acceptors (Lipinski definition) is 4. The van der Waals surface area contributed by atoms with E-state index in [1.807, 2.05) is 38.1 Å². The zero-order chi connectivity index (χ0) is 20.4. The Bertz CT molecular complexity index is 976. The van der Waals surface area contributed by atoms with Gasteiger partial charge in [-0.05, 0) is 35.9 Å². The number of benzene rings is 2. The third kappa shape index (κ3) is 4.48. The van der Waals surface area contributed by atoms with Crippen LogP contribution in [-0.4, -0.2) is 12.1 Å². The first kappa shape index (κ1) is 19.6. The first-order valence-electron chi connectivity index (χ1n) is 9.62. The van der Waals surface area contributed by atoms with Gasteiger partial charge in [0.05, 0.1) is 6.26 Å². The number of hydrogen-bond donors (Lipinski definition) is 0. The van der Waals surface area contributed by atoms with E-state index >= 15 is 0 Å². The molecule has 1 aromatic heterocycles. The van der Waals surface area contributed by atoms with Crippen molar-refractivity contribution in [2.45, 2.75) is 33.0 Å². The smallest absolute Gasteiger partial charge is 0.313 e. The molecule has 1 saturated carbocycles. The van der Waals surface area contributed by atoms with Crippen LogP contribution in [0.1, 0.15) is 30.7 Å². The Balaban J connectivity index is 1.31. The van der Waals surface area contributed by atoms with Gasteiger partial charge in [0.1, 0.15) is 30.1 Å². The summed E-state index contributed by atoms with van der Waals surface area (Å²) in [6.45, 7) is 4.21. The largest absolute Gasteiger partial charge is 0.489 e. The molecule has 3 aromatic rings. The summed E-state index contributed by atoms with van der Waals surface area (Å²) in [7, 11) is 0. The molecule has 2 atom stereocenters. The molecular formula is C24H23ClO4. The molecule has 2 aromatic carbocycles. The Labute approximate surface area is 175 Å². The summed E-state index contributed by atoms with van der Waals surface area (Å²) in [6, 6.07) is 19.2. The third-order valence-electron chi connectivity index (χ3n) is 5.37. The number of halogens is 1. The second kappa shape index (κ2) is 7.96. The van der Waals surface area contributed by atoms with E-state index < -0.39 is 0 Å².